The van der Waals surface area contributed by atoms with E-state index in [2.05, 4.69) is 5.32 Å². The molecule has 1 aromatic carbocycles. The van der Waals surface area contributed by atoms with Crippen molar-refractivity contribution in [1.29, 1.82) is 0 Å². The Bertz CT molecular complexity index is 470. The first-order chi connectivity index (χ1) is 7.41. The summed E-state index contributed by atoms with van der Waals surface area (Å²) in [6.07, 6.45) is 0. The summed E-state index contributed by atoms with van der Waals surface area (Å²) in [5, 5.41) is 10.8. The highest BCUT2D eigenvalue weighted by Crippen LogP contribution is 2.16. The van der Waals surface area contributed by atoms with Gasteiger partial charge in [0, 0.05) is 6.92 Å². The van der Waals surface area contributed by atoms with E-state index < -0.39 is 29.0 Å². The van der Waals surface area contributed by atoms with E-state index in [9.17, 15) is 18.8 Å². The van der Waals surface area contributed by atoms with Crippen LogP contribution in [0.5, 0.6) is 0 Å². The fourth-order valence-electron chi connectivity index (χ4n) is 1.01. The van der Waals surface area contributed by atoms with Crippen molar-refractivity contribution in [3.05, 3.63) is 29.6 Å². The highest BCUT2D eigenvalue weighted by molar-refractivity contribution is 6.40. The lowest BCUT2D eigenvalue weighted by molar-refractivity contribution is -0.133. The molecule has 0 atom stereocenters. The van der Waals surface area contributed by atoms with E-state index in [1.165, 1.54) is 0 Å². The zero-order chi connectivity index (χ0) is 12.3. The second kappa shape index (κ2) is 4.52. The van der Waals surface area contributed by atoms with Crippen LogP contribution in [-0.2, 0) is 9.59 Å². The monoisotopic (exact) mass is 225 g/mol. The molecule has 0 aliphatic rings. The first-order valence-corrected chi connectivity index (χ1v) is 4.26. The standard InChI is InChI=1S/C10H8FNO4/c1-5(13)9(14)12-8-3-2-6(11)4-7(8)10(15)16/h2-4H,1H3,(H,12,14)(H,15,16). The van der Waals surface area contributed by atoms with Crippen molar-refractivity contribution in [2.75, 3.05) is 5.32 Å². The summed E-state index contributed by atoms with van der Waals surface area (Å²) in [5.74, 6) is -3.84. The van der Waals surface area contributed by atoms with Crippen molar-refractivity contribution in [1.82, 2.24) is 0 Å². The van der Waals surface area contributed by atoms with Gasteiger partial charge in [-0.3, -0.25) is 9.59 Å². The third kappa shape index (κ3) is 2.63. The number of halogens is 1. The number of carboxylic acid groups (broad SMARTS) is 1. The minimum Gasteiger partial charge on any atom is -0.478 e. The summed E-state index contributed by atoms with van der Waals surface area (Å²) in [5.41, 5.74) is -0.524. The number of hydrogen-bond acceptors (Lipinski definition) is 3. The lowest BCUT2D eigenvalue weighted by atomic mass is 10.1. The van der Waals surface area contributed by atoms with E-state index in [-0.39, 0.29) is 5.69 Å². The van der Waals surface area contributed by atoms with Gasteiger partial charge in [0.05, 0.1) is 11.3 Å². The molecule has 0 bridgehead atoms. The average molecular weight is 225 g/mol. The number of amides is 1. The average Bonchev–Trinajstić information content (AvgIpc) is 2.20. The first kappa shape index (κ1) is 11.8. The van der Waals surface area contributed by atoms with Gasteiger partial charge in [0.1, 0.15) is 5.82 Å². The molecular weight excluding hydrogens is 217 g/mol. The molecule has 0 aromatic heterocycles. The van der Waals surface area contributed by atoms with Crippen LogP contribution in [0.15, 0.2) is 18.2 Å². The number of rotatable bonds is 3. The van der Waals surface area contributed by atoms with Crippen LogP contribution in [0.1, 0.15) is 17.3 Å². The molecule has 0 radical (unpaired) electrons. The minimum atomic E-state index is -1.39. The van der Waals surface area contributed by atoms with E-state index in [0.29, 0.717) is 0 Å². The molecule has 0 saturated heterocycles. The van der Waals surface area contributed by atoms with E-state index in [1.54, 1.807) is 0 Å². The summed E-state index contributed by atoms with van der Waals surface area (Å²) in [4.78, 5) is 32.4. The number of Topliss-reactive ketones (excluding diaryl/α,β-unsaturated/α-hetero) is 1. The molecule has 0 saturated carbocycles. The number of carbonyl (C=O) groups excluding carboxylic acids is 2. The molecule has 1 amide bonds. The predicted molar refractivity (Wildman–Crippen MR) is 52.7 cm³/mol. The third-order valence-electron chi connectivity index (χ3n) is 1.78. The number of aromatic carboxylic acids is 1. The van der Waals surface area contributed by atoms with Crippen molar-refractivity contribution in [3.63, 3.8) is 0 Å². The Kier molecular flexibility index (Phi) is 3.34. The summed E-state index contributed by atoms with van der Waals surface area (Å²) in [7, 11) is 0. The van der Waals surface area contributed by atoms with Crippen LogP contribution in [0.2, 0.25) is 0 Å². The van der Waals surface area contributed by atoms with Crippen molar-refractivity contribution in [3.8, 4) is 0 Å². The Morgan fingerprint density at radius 3 is 2.44 bits per heavy atom. The van der Waals surface area contributed by atoms with E-state index in [1.807, 2.05) is 0 Å². The summed E-state index contributed by atoms with van der Waals surface area (Å²) < 4.78 is 12.8. The second-order valence-corrected chi connectivity index (χ2v) is 3.01. The molecule has 6 heteroatoms. The minimum absolute atomic E-state index is 0.117. The highest BCUT2D eigenvalue weighted by Gasteiger charge is 2.15. The molecule has 0 spiro atoms. The van der Waals surface area contributed by atoms with Crippen LogP contribution < -0.4 is 5.32 Å². The van der Waals surface area contributed by atoms with Gasteiger partial charge in [0.2, 0.25) is 5.78 Å². The lowest BCUT2D eigenvalue weighted by Crippen LogP contribution is -2.21. The van der Waals surface area contributed by atoms with Crippen LogP contribution in [0.3, 0.4) is 0 Å². The first-order valence-electron chi connectivity index (χ1n) is 4.26. The Balaban J connectivity index is 3.09. The normalized spacial score (nSPS) is 9.62. The number of carbonyl (C=O) groups is 3. The quantitative estimate of drug-likeness (QED) is 0.753. The van der Waals surface area contributed by atoms with Gasteiger partial charge in [-0.25, -0.2) is 9.18 Å². The smallest absolute Gasteiger partial charge is 0.337 e. The molecule has 0 aliphatic carbocycles. The summed E-state index contributed by atoms with van der Waals surface area (Å²) in [6.45, 7) is 1.04. The van der Waals surface area contributed by atoms with Crippen molar-refractivity contribution >= 4 is 23.3 Å². The van der Waals surface area contributed by atoms with Crippen LogP contribution >= 0.6 is 0 Å². The van der Waals surface area contributed by atoms with E-state index in [0.717, 1.165) is 25.1 Å². The number of ketones is 1. The molecule has 0 heterocycles. The van der Waals surface area contributed by atoms with Crippen molar-refractivity contribution in [2.24, 2.45) is 0 Å². The lowest BCUT2D eigenvalue weighted by Gasteiger charge is -2.06. The molecule has 2 N–H and O–H groups in total. The van der Waals surface area contributed by atoms with Gasteiger partial charge < -0.3 is 10.4 Å². The second-order valence-electron chi connectivity index (χ2n) is 3.01. The highest BCUT2D eigenvalue weighted by atomic mass is 19.1. The zero-order valence-electron chi connectivity index (χ0n) is 8.28. The summed E-state index contributed by atoms with van der Waals surface area (Å²) in [6, 6.07) is 2.83. The van der Waals surface area contributed by atoms with Crippen LogP contribution in [0.25, 0.3) is 0 Å². The molecule has 0 aliphatic heterocycles. The molecule has 16 heavy (non-hydrogen) atoms. The Morgan fingerprint density at radius 2 is 1.94 bits per heavy atom. The van der Waals surface area contributed by atoms with Gasteiger partial charge in [0.25, 0.3) is 5.91 Å². The van der Waals surface area contributed by atoms with Crippen molar-refractivity contribution < 1.29 is 23.9 Å². The Hall–Kier alpha value is -2.24. The fourth-order valence-corrected chi connectivity index (χ4v) is 1.01. The SMILES string of the molecule is CC(=O)C(=O)Nc1ccc(F)cc1C(=O)O. The van der Waals surface area contributed by atoms with Gasteiger partial charge in [-0.2, -0.15) is 0 Å². The molecule has 0 unspecified atom stereocenters. The molecule has 1 aromatic rings. The maximum Gasteiger partial charge on any atom is 0.337 e. The largest absolute Gasteiger partial charge is 0.478 e. The van der Waals surface area contributed by atoms with Crippen molar-refractivity contribution in [2.45, 2.75) is 6.92 Å². The number of carboxylic acids is 1. The zero-order valence-corrected chi connectivity index (χ0v) is 8.28. The number of anilines is 1. The molecule has 1 rings (SSSR count). The maximum absolute atomic E-state index is 12.8. The topological polar surface area (TPSA) is 83.5 Å². The number of benzene rings is 1. The Morgan fingerprint density at radius 1 is 1.31 bits per heavy atom. The number of nitrogens with one attached hydrogen (secondary N) is 1. The summed E-state index contributed by atoms with van der Waals surface area (Å²) >= 11 is 0. The predicted octanol–water partition coefficient (Wildman–Crippen LogP) is 1.05. The molecular formula is C10H8FNO4. The van der Waals surface area contributed by atoms with E-state index in [4.69, 9.17) is 5.11 Å². The van der Waals surface area contributed by atoms with Gasteiger partial charge in [-0.05, 0) is 18.2 Å². The van der Waals surface area contributed by atoms with Gasteiger partial charge in [-0.1, -0.05) is 0 Å². The van der Waals surface area contributed by atoms with Gasteiger partial charge >= 0.3 is 5.97 Å². The van der Waals surface area contributed by atoms with Gasteiger partial charge in [-0.15, -0.1) is 0 Å². The maximum atomic E-state index is 12.8. The molecule has 0 fully saturated rings. The van der Waals surface area contributed by atoms with Crippen LogP contribution in [0, 0.1) is 5.82 Å². The molecule has 84 valence electrons. The fraction of sp³-hybridized carbons (Fsp3) is 0.100. The third-order valence-corrected chi connectivity index (χ3v) is 1.78. The van der Waals surface area contributed by atoms with Crippen LogP contribution in [-0.4, -0.2) is 22.8 Å². The number of hydrogen-bond donors (Lipinski definition) is 2. The van der Waals surface area contributed by atoms with Crippen LogP contribution in [0.4, 0.5) is 10.1 Å². The van der Waals surface area contributed by atoms with Gasteiger partial charge in [0.15, 0.2) is 0 Å². The Labute approximate surface area is 89.9 Å². The van der Waals surface area contributed by atoms with E-state index >= 15 is 0 Å². The molecule has 5 nitrogen and oxygen atoms in total.